The van der Waals surface area contributed by atoms with Crippen molar-refractivity contribution < 1.29 is 17.9 Å². The molecule has 0 radical (unpaired) electrons. The number of nitrogens with one attached hydrogen (secondary N) is 2. The number of hydrogen-bond acceptors (Lipinski definition) is 5. The maximum atomic E-state index is 11.9. The Bertz CT molecular complexity index is 593. The molecule has 1 fully saturated rings. The molecule has 0 saturated carbocycles. The molecular formula is C13H21N3O4S2. The molecule has 1 aromatic heterocycles. The Morgan fingerprint density at radius 2 is 2.14 bits per heavy atom. The lowest BCUT2D eigenvalue weighted by Gasteiger charge is -2.39. The fourth-order valence-electron chi connectivity index (χ4n) is 2.43. The van der Waals surface area contributed by atoms with E-state index in [0.717, 1.165) is 5.00 Å². The molecule has 0 unspecified atom stereocenters. The molecular weight excluding hydrogens is 326 g/mol. The minimum atomic E-state index is -3.17. The van der Waals surface area contributed by atoms with Gasteiger partial charge in [-0.05, 0) is 30.4 Å². The van der Waals surface area contributed by atoms with Gasteiger partial charge in [0, 0.05) is 26.7 Å². The van der Waals surface area contributed by atoms with Crippen molar-refractivity contribution >= 4 is 32.4 Å². The first-order valence-corrected chi connectivity index (χ1v) is 9.66. The molecule has 1 aliphatic heterocycles. The molecule has 22 heavy (non-hydrogen) atoms. The summed E-state index contributed by atoms with van der Waals surface area (Å²) in [5, 5.41) is 8.20. The van der Waals surface area contributed by atoms with Gasteiger partial charge in [0.05, 0.1) is 16.9 Å². The summed E-state index contributed by atoms with van der Waals surface area (Å²) in [4.78, 5) is 11.9. The number of piperidine rings is 1. The van der Waals surface area contributed by atoms with Crippen LogP contribution in [0.15, 0.2) is 17.5 Å². The van der Waals surface area contributed by atoms with Crippen LogP contribution < -0.4 is 10.6 Å². The number of thiophene rings is 1. The number of ether oxygens (including phenoxy) is 1. The Balaban J connectivity index is 1.86. The number of methoxy groups -OCH3 is 1. The predicted molar refractivity (Wildman–Crippen MR) is 86.7 cm³/mol. The quantitative estimate of drug-likeness (QED) is 0.841. The normalized spacial score (nSPS) is 18.8. The zero-order valence-electron chi connectivity index (χ0n) is 12.7. The largest absolute Gasteiger partial charge is 0.376 e. The Morgan fingerprint density at radius 3 is 2.64 bits per heavy atom. The van der Waals surface area contributed by atoms with E-state index in [0.29, 0.717) is 32.5 Å². The van der Waals surface area contributed by atoms with Gasteiger partial charge in [0.1, 0.15) is 0 Å². The first kappa shape index (κ1) is 17.2. The molecule has 1 saturated heterocycles. The van der Waals surface area contributed by atoms with E-state index in [9.17, 15) is 13.2 Å². The molecule has 0 aliphatic carbocycles. The van der Waals surface area contributed by atoms with Crippen LogP contribution in [0.25, 0.3) is 0 Å². The van der Waals surface area contributed by atoms with Gasteiger partial charge < -0.3 is 10.1 Å². The molecule has 2 rings (SSSR count). The number of amides is 2. The third-order valence-electron chi connectivity index (χ3n) is 3.86. The molecule has 2 N–H and O–H groups in total. The second-order valence-corrected chi connectivity index (χ2v) is 8.26. The van der Waals surface area contributed by atoms with E-state index in [-0.39, 0.29) is 6.03 Å². The summed E-state index contributed by atoms with van der Waals surface area (Å²) in [6.07, 6.45) is 2.31. The standard InChI is InChI=1S/C13H21N3O4S2/c1-20-13(5-7-16(8-6-13)22(2,18)19)10-14-12(17)15-11-4-3-9-21-11/h3-4,9H,5-8,10H2,1-2H3,(H2,14,15,17). The van der Waals surface area contributed by atoms with Gasteiger partial charge in [-0.25, -0.2) is 17.5 Å². The lowest BCUT2D eigenvalue weighted by atomic mass is 9.92. The van der Waals surface area contributed by atoms with Gasteiger partial charge in [-0.1, -0.05) is 0 Å². The van der Waals surface area contributed by atoms with E-state index < -0.39 is 15.6 Å². The molecule has 2 heterocycles. The summed E-state index contributed by atoms with van der Waals surface area (Å²) < 4.78 is 30.1. The number of carbonyl (C=O) groups excluding carboxylic acids is 1. The highest BCUT2D eigenvalue weighted by Gasteiger charge is 2.37. The lowest BCUT2D eigenvalue weighted by molar-refractivity contribution is -0.0415. The third kappa shape index (κ3) is 4.42. The van der Waals surface area contributed by atoms with Crippen molar-refractivity contribution in [1.29, 1.82) is 0 Å². The van der Waals surface area contributed by atoms with Gasteiger partial charge >= 0.3 is 6.03 Å². The van der Waals surface area contributed by atoms with E-state index in [1.165, 1.54) is 21.9 Å². The second-order valence-electron chi connectivity index (χ2n) is 5.33. The smallest absolute Gasteiger partial charge is 0.319 e. The summed E-state index contributed by atoms with van der Waals surface area (Å²) in [5.41, 5.74) is -0.520. The van der Waals surface area contributed by atoms with E-state index in [2.05, 4.69) is 10.6 Å². The molecule has 0 atom stereocenters. The number of sulfonamides is 1. The van der Waals surface area contributed by atoms with E-state index in [1.54, 1.807) is 7.11 Å². The van der Waals surface area contributed by atoms with Crippen LogP contribution in [-0.4, -0.2) is 57.4 Å². The van der Waals surface area contributed by atoms with Crippen molar-refractivity contribution in [2.45, 2.75) is 18.4 Å². The summed E-state index contributed by atoms with van der Waals surface area (Å²) in [5.74, 6) is 0. The lowest BCUT2D eigenvalue weighted by Crippen LogP contribution is -2.53. The summed E-state index contributed by atoms with van der Waals surface area (Å²) >= 11 is 1.44. The SMILES string of the molecule is COC1(CNC(=O)Nc2cccs2)CCN(S(C)(=O)=O)CC1. The molecule has 9 heteroatoms. The highest BCUT2D eigenvalue weighted by molar-refractivity contribution is 7.88. The third-order valence-corrected chi connectivity index (χ3v) is 5.95. The topological polar surface area (TPSA) is 87.7 Å². The van der Waals surface area contributed by atoms with Gasteiger partial charge in [-0.3, -0.25) is 5.32 Å². The first-order chi connectivity index (χ1) is 10.3. The van der Waals surface area contributed by atoms with Crippen molar-refractivity contribution in [1.82, 2.24) is 9.62 Å². The van der Waals surface area contributed by atoms with Crippen LogP contribution in [0.3, 0.4) is 0 Å². The van der Waals surface area contributed by atoms with Crippen molar-refractivity contribution in [2.75, 3.05) is 38.3 Å². The number of rotatable bonds is 5. The van der Waals surface area contributed by atoms with E-state index >= 15 is 0 Å². The second kappa shape index (κ2) is 6.95. The fraction of sp³-hybridized carbons (Fsp3) is 0.615. The summed E-state index contributed by atoms with van der Waals surface area (Å²) in [6.45, 7) is 1.15. The molecule has 7 nitrogen and oxygen atoms in total. The summed E-state index contributed by atoms with van der Waals surface area (Å²) in [6, 6.07) is 3.39. The van der Waals surface area contributed by atoms with Gasteiger partial charge in [0.15, 0.2) is 0 Å². The fourth-order valence-corrected chi connectivity index (χ4v) is 3.88. The van der Waals surface area contributed by atoms with Crippen LogP contribution in [0.2, 0.25) is 0 Å². The van der Waals surface area contributed by atoms with Crippen LogP contribution in [0.1, 0.15) is 12.8 Å². The Hall–Kier alpha value is -1.16. The van der Waals surface area contributed by atoms with Crippen molar-refractivity contribution in [3.63, 3.8) is 0 Å². The monoisotopic (exact) mass is 347 g/mol. The zero-order chi connectivity index (χ0) is 16.2. The first-order valence-electron chi connectivity index (χ1n) is 6.93. The molecule has 124 valence electrons. The molecule has 0 spiro atoms. The number of nitrogens with zero attached hydrogens (tertiary/aromatic N) is 1. The van der Waals surface area contributed by atoms with Gasteiger partial charge in [0.2, 0.25) is 10.0 Å². The minimum absolute atomic E-state index is 0.288. The maximum absolute atomic E-state index is 11.9. The van der Waals surface area contributed by atoms with Crippen molar-refractivity contribution in [2.24, 2.45) is 0 Å². The van der Waals surface area contributed by atoms with Crippen LogP contribution in [0.5, 0.6) is 0 Å². The van der Waals surface area contributed by atoms with Crippen LogP contribution in [0.4, 0.5) is 9.80 Å². The molecule has 0 aromatic carbocycles. The maximum Gasteiger partial charge on any atom is 0.319 e. The molecule has 2 amide bonds. The van der Waals surface area contributed by atoms with Gasteiger partial charge in [-0.2, -0.15) is 0 Å². The average molecular weight is 347 g/mol. The van der Waals surface area contributed by atoms with Crippen LogP contribution in [-0.2, 0) is 14.8 Å². The Kier molecular flexibility index (Phi) is 5.43. The van der Waals surface area contributed by atoms with Crippen molar-refractivity contribution in [3.8, 4) is 0 Å². The Labute approximate surface area is 134 Å². The number of carbonyl (C=O) groups is 1. The molecule has 1 aliphatic rings. The van der Waals surface area contributed by atoms with Gasteiger partial charge in [0.25, 0.3) is 0 Å². The average Bonchev–Trinajstić information content (AvgIpc) is 2.97. The predicted octanol–water partition coefficient (Wildman–Crippen LogP) is 1.31. The van der Waals surface area contributed by atoms with Crippen LogP contribution >= 0.6 is 11.3 Å². The Morgan fingerprint density at radius 1 is 1.45 bits per heavy atom. The summed E-state index contributed by atoms with van der Waals surface area (Å²) in [7, 11) is -1.58. The number of anilines is 1. The van der Waals surface area contributed by atoms with E-state index in [1.807, 2.05) is 17.5 Å². The minimum Gasteiger partial charge on any atom is -0.376 e. The van der Waals surface area contributed by atoms with E-state index in [4.69, 9.17) is 4.74 Å². The highest BCUT2D eigenvalue weighted by Crippen LogP contribution is 2.26. The number of hydrogen-bond donors (Lipinski definition) is 2. The van der Waals surface area contributed by atoms with Crippen LogP contribution in [0, 0.1) is 0 Å². The molecule has 0 bridgehead atoms. The molecule has 1 aromatic rings. The zero-order valence-corrected chi connectivity index (χ0v) is 14.3. The highest BCUT2D eigenvalue weighted by atomic mass is 32.2. The number of urea groups is 1. The van der Waals surface area contributed by atoms with Gasteiger partial charge in [-0.15, -0.1) is 11.3 Å². The van der Waals surface area contributed by atoms with Crippen molar-refractivity contribution in [3.05, 3.63) is 17.5 Å².